The zero-order valence-electron chi connectivity index (χ0n) is 26.8. The Labute approximate surface area is 315 Å². The minimum Gasteiger partial charge on any atom is -0.462 e. The van der Waals surface area contributed by atoms with Crippen LogP contribution in [0.2, 0.25) is 30.1 Å². The fourth-order valence-corrected chi connectivity index (χ4v) is 8.87. The summed E-state index contributed by atoms with van der Waals surface area (Å²) in [6.07, 6.45) is 11.8. The van der Waals surface area contributed by atoms with Crippen LogP contribution >= 0.6 is 69.6 Å². The summed E-state index contributed by atoms with van der Waals surface area (Å²) in [6.45, 7) is 2.40. The SMILES string of the molecule is CCCCC1CCC(COC(=O)c2c(Cl)c(Cl)cc(Cl)c2OC(=O)C(=O)Oc2c(Cl)cc(Cl)c(Cl)c2C(=O)OCC2CC3CCCC3C2)C1. The van der Waals surface area contributed by atoms with Crippen molar-refractivity contribution in [1.82, 2.24) is 0 Å². The average molecular weight is 797 g/mol. The molecule has 8 nitrogen and oxygen atoms in total. The normalized spacial score (nSPS) is 22.9. The Morgan fingerprint density at radius 3 is 1.59 bits per heavy atom. The van der Waals surface area contributed by atoms with Crippen LogP contribution in [0.3, 0.4) is 0 Å². The van der Waals surface area contributed by atoms with Crippen LogP contribution in [0.4, 0.5) is 0 Å². The van der Waals surface area contributed by atoms with Crippen molar-refractivity contribution in [3.63, 3.8) is 0 Å². The van der Waals surface area contributed by atoms with Crippen molar-refractivity contribution in [3.8, 4) is 11.5 Å². The van der Waals surface area contributed by atoms with Crippen LogP contribution in [-0.2, 0) is 19.1 Å². The van der Waals surface area contributed by atoms with E-state index in [0.29, 0.717) is 17.8 Å². The molecule has 0 aromatic heterocycles. The van der Waals surface area contributed by atoms with E-state index < -0.39 is 46.5 Å². The van der Waals surface area contributed by atoms with E-state index >= 15 is 0 Å². The van der Waals surface area contributed by atoms with Gasteiger partial charge < -0.3 is 18.9 Å². The van der Waals surface area contributed by atoms with E-state index in [0.717, 1.165) is 63.5 Å². The number of carbonyl (C=O) groups excluding carboxylic acids is 4. The van der Waals surface area contributed by atoms with Crippen molar-refractivity contribution in [2.45, 2.75) is 77.6 Å². The van der Waals surface area contributed by atoms with Crippen molar-refractivity contribution >= 4 is 93.5 Å². The van der Waals surface area contributed by atoms with E-state index in [-0.39, 0.29) is 55.2 Å². The van der Waals surface area contributed by atoms with Gasteiger partial charge in [-0.1, -0.05) is 121 Å². The molecule has 0 heterocycles. The Morgan fingerprint density at radius 2 is 1.10 bits per heavy atom. The molecule has 3 saturated carbocycles. The lowest BCUT2D eigenvalue weighted by atomic mass is 9.99. The van der Waals surface area contributed by atoms with E-state index in [2.05, 4.69) is 6.92 Å². The fourth-order valence-electron chi connectivity index (χ4n) is 7.43. The predicted octanol–water partition coefficient (Wildman–Crippen LogP) is 10.9. The number of ether oxygens (including phenoxy) is 4. The molecule has 266 valence electrons. The maximum absolute atomic E-state index is 13.3. The molecule has 49 heavy (non-hydrogen) atoms. The Morgan fingerprint density at radius 1 is 0.633 bits per heavy atom. The van der Waals surface area contributed by atoms with Gasteiger partial charge >= 0.3 is 23.9 Å². The van der Waals surface area contributed by atoms with Crippen LogP contribution in [0.1, 0.15) is 98.3 Å². The summed E-state index contributed by atoms with van der Waals surface area (Å²) in [5.41, 5.74) is -0.868. The number of benzene rings is 2. The lowest BCUT2D eigenvalue weighted by molar-refractivity contribution is -0.156. The van der Waals surface area contributed by atoms with Gasteiger partial charge in [0.2, 0.25) is 0 Å². The van der Waals surface area contributed by atoms with E-state index in [1.165, 1.54) is 19.3 Å². The van der Waals surface area contributed by atoms with Gasteiger partial charge in [-0.2, -0.15) is 0 Å². The first kappa shape index (κ1) is 38.3. The van der Waals surface area contributed by atoms with Gasteiger partial charge in [0.15, 0.2) is 11.5 Å². The number of hydrogen-bond donors (Lipinski definition) is 0. The Kier molecular flexibility index (Phi) is 13.3. The van der Waals surface area contributed by atoms with Crippen LogP contribution in [0.15, 0.2) is 12.1 Å². The first-order chi connectivity index (χ1) is 23.4. The molecule has 0 aliphatic heterocycles. The summed E-state index contributed by atoms with van der Waals surface area (Å²) >= 11 is 37.7. The number of hydrogen-bond acceptors (Lipinski definition) is 8. The number of fused-ring (bicyclic) bond motifs is 1. The second-order valence-corrected chi connectivity index (χ2v) is 15.6. The molecule has 4 unspecified atom stereocenters. The number of unbranched alkanes of at least 4 members (excludes halogenated alkanes) is 1. The molecular weight excluding hydrogens is 761 g/mol. The first-order valence-corrected chi connectivity index (χ1v) is 18.8. The van der Waals surface area contributed by atoms with Crippen LogP contribution < -0.4 is 9.47 Å². The van der Waals surface area contributed by atoms with Crippen molar-refractivity contribution in [2.75, 3.05) is 13.2 Å². The highest BCUT2D eigenvalue weighted by Crippen LogP contribution is 2.47. The number of esters is 4. The zero-order chi connectivity index (χ0) is 35.4. The third-order valence-corrected chi connectivity index (χ3v) is 12.0. The second kappa shape index (κ2) is 17.1. The van der Waals surface area contributed by atoms with Crippen molar-refractivity contribution in [3.05, 3.63) is 53.4 Å². The molecule has 14 heteroatoms. The Balaban J connectivity index is 1.28. The molecule has 0 bridgehead atoms. The number of rotatable bonds is 11. The van der Waals surface area contributed by atoms with Crippen molar-refractivity contribution < 1.29 is 38.1 Å². The minimum atomic E-state index is -1.62. The molecule has 0 saturated heterocycles. The topological polar surface area (TPSA) is 105 Å². The van der Waals surface area contributed by atoms with E-state index in [4.69, 9.17) is 88.6 Å². The molecule has 2 aromatic carbocycles. The lowest BCUT2D eigenvalue weighted by Crippen LogP contribution is -2.27. The van der Waals surface area contributed by atoms with Crippen LogP contribution in [0, 0.1) is 29.6 Å². The fraction of sp³-hybridized carbons (Fsp3) is 0.543. The van der Waals surface area contributed by atoms with Gasteiger partial charge in [-0.25, -0.2) is 19.2 Å². The third kappa shape index (κ3) is 9.11. The summed E-state index contributed by atoms with van der Waals surface area (Å²) in [7, 11) is 0. The van der Waals surface area contributed by atoms with Gasteiger partial charge in [0.1, 0.15) is 11.1 Å². The van der Waals surface area contributed by atoms with Gasteiger partial charge in [0, 0.05) is 0 Å². The molecule has 5 rings (SSSR count). The zero-order valence-corrected chi connectivity index (χ0v) is 31.3. The summed E-state index contributed by atoms with van der Waals surface area (Å²) in [5, 5.41) is -1.37. The van der Waals surface area contributed by atoms with E-state index in [1.54, 1.807) is 0 Å². The van der Waals surface area contributed by atoms with Crippen molar-refractivity contribution in [1.29, 1.82) is 0 Å². The summed E-state index contributed by atoms with van der Waals surface area (Å²) in [5.74, 6) is -4.03. The highest BCUT2D eigenvalue weighted by molar-refractivity contribution is 6.47. The molecule has 3 aliphatic carbocycles. The van der Waals surface area contributed by atoms with Gasteiger partial charge in [0.25, 0.3) is 0 Å². The maximum atomic E-state index is 13.3. The van der Waals surface area contributed by atoms with Gasteiger partial charge in [-0.3, -0.25) is 0 Å². The molecule has 3 fully saturated rings. The Hall–Kier alpha value is -1.94. The monoisotopic (exact) mass is 794 g/mol. The average Bonchev–Trinajstić information content (AvgIpc) is 3.80. The van der Waals surface area contributed by atoms with Gasteiger partial charge in [-0.05, 0) is 67.4 Å². The highest BCUT2D eigenvalue weighted by atomic mass is 35.5. The number of carbonyl (C=O) groups is 4. The summed E-state index contributed by atoms with van der Waals surface area (Å²) in [4.78, 5) is 52.7. The molecule has 0 spiro atoms. The molecule has 2 aromatic rings. The van der Waals surface area contributed by atoms with Crippen LogP contribution in [-0.4, -0.2) is 37.1 Å². The molecule has 4 atom stereocenters. The molecule has 0 amide bonds. The van der Waals surface area contributed by atoms with E-state index in [1.807, 2.05) is 0 Å². The largest absolute Gasteiger partial charge is 0.462 e. The van der Waals surface area contributed by atoms with Crippen molar-refractivity contribution in [2.24, 2.45) is 29.6 Å². The maximum Gasteiger partial charge on any atom is 0.423 e. The predicted molar refractivity (Wildman–Crippen MR) is 189 cm³/mol. The van der Waals surface area contributed by atoms with E-state index in [9.17, 15) is 19.2 Å². The first-order valence-electron chi connectivity index (χ1n) is 16.5. The van der Waals surface area contributed by atoms with Gasteiger partial charge in [-0.15, -0.1) is 0 Å². The standard InChI is InChI=1S/C35H36Cl6O8/c1-2-3-5-17-8-9-18(10-17)15-46-32(42)26-28(40)22(36)13-24(38)30(26)48-34(44)35(45)49-31-25(39)14-23(37)29(41)27(31)33(43)47-16-19-11-20-6-4-7-21(20)12-19/h13-14,17-21H,2-12,15-16H2,1H3. The lowest BCUT2D eigenvalue weighted by Gasteiger charge is -2.17. The summed E-state index contributed by atoms with van der Waals surface area (Å²) < 4.78 is 21.6. The quantitative estimate of drug-likeness (QED) is 0.0958. The van der Waals surface area contributed by atoms with Crippen LogP contribution in [0.25, 0.3) is 0 Å². The Bertz CT molecular complexity index is 1600. The summed E-state index contributed by atoms with van der Waals surface area (Å²) in [6, 6.07) is 2.29. The smallest absolute Gasteiger partial charge is 0.423 e. The molecule has 0 radical (unpaired) electrons. The highest BCUT2D eigenvalue weighted by Gasteiger charge is 2.38. The molecular formula is C35H36Cl6O8. The van der Waals surface area contributed by atoms with Gasteiger partial charge in [0.05, 0.1) is 43.3 Å². The second-order valence-electron chi connectivity index (χ2n) is 13.2. The number of halogens is 6. The minimum absolute atomic E-state index is 0.101. The van der Waals surface area contributed by atoms with Crippen LogP contribution in [0.5, 0.6) is 11.5 Å². The third-order valence-electron chi connectivity index (χ3n) is 9.82. The molecule has 0 N–H and O–H groups in total. The molecule has 3 aliphatic rings.